The highest BCUT2D eigenvalue weighted by Gasteiger charge is 2.12. The van der Waals surface area contributed by atoms with Gasteiger partial charge < -0.3 is 4.74 Å². The lowest BCUT2D eigenvalue weighted by atomic mass is 10.1. The third-order valence-corrected chi connectivity index (χ3v) is 2.40. The Kier molecular flexibility index (Phi) is 5.26. The minimum atomic E-state index is -0.621. The molecule has 2 nitrogen and oxygen atoms in total. The SMILES string of the molecule is CCOC(=O)c1ccc(CCCCl)cc1F. The van der Waals surface area contributed by atoms with Crippen LogP contribution in [0.1, 0.15) is 29.3 Å². The highest BCUT2D eigenvalue weighted by Crippen LogP contribution is 2.13. The summed E-state index contributed by atoms with van der Waals surface area (Å²) in [6.45, 7) is 1.93. The average Bonchev–Trinajstić information content (AvgIpc) is 2.26. The van der Waals surface area contributed by atoms with Gasteiger partial charge in [0.25, 0.3) is 0 Å². The molecule has 0 bridgehead atoms. The van der Waals surface area contributed by atoms with Crippen LogP contribution in [0.15, 0.2) is 18.2 Å². The fourth-order valence-corrected chi connectivity index (χ4v) is 1.49. The van der Waals surface area contributed by atoms with Crippen molar-refractivity contribution in [3.8, 4) is 0 Å². The molecular weight excluding hydrogens is 231 g/mol. The van der Waals surface area contributed by atoms with E-state index in [4.69, 9.17) is 16.3 Å². The van der Waals surface area contributed by atoms with Crippen LogP contribution >= 0.6 is 11.6 Å². The van der Waals surface area contributed by atoms with Crippen molar-refractivity contribution in [1.29, 1.82) is 0 Å². The van der Waals surface area contributed by atoms with E-state index in [1.54, 1.807) is 13.0 Å². The van der Waals surface area contributed by atoms with Crippen LogP contribution in [-0.2, 0) is 11.2 Å². The maximum absolute atomic E-state index is 13.5. The van der Waals surface area contributed by atoms with Crippen molar-refractivity contribution >= 4 is 17.6 Å². The van der Waals surface area contributed by atoms with Crippen LogP contribution in [0.4, 0.5) is 4.39 Å². The lowest BCUT2D eigenvalue weighted by Gasteiger charge is -2.05. The third kappa shape index (κ3) is 3.49. The first-order valence-electron chi connectivity index (χ1n) is 5.20. The fraction of sp³-hybridized carbons (Fsp3) is 0.417. The van der Waals surface area contributed by atoms with E-state index in [1.807, 2.05) is 0 Å². The molecule has 1 aromatic carbocycles. The second-order valence-corrected chi connectivity index (χ2v) is 3.71. The number of carbonyl (C=O) groups is 1. The van der Waals surface area contributed by atoms with Gasteiger partial charge in [-0.3, -0.25) is 0 Å². The molecule has 1 aromatic rings. The molecule has 4 heteroatoms. The first kappa shape index (κ1) is 13.0. The number of ether oxygens (including phenoxy) is 1. The number of aryl methyl sites for hydroxylation is 1. The van der Waals surface area contributed by atoms with E-state index in [9.17, 15) is 9.18 Å². The molecule has 0 aliphatic rings. The summed E-state index contributed by atoms with van der Waals surface area (Å²) in [5.41, 5.74) is 0.822. The van der Waals surface area contributed by atoms with Gasteiger partial charge in [0.05, 0.1) is 12.2 Å². The number of benzene rings is 1. The molecule has 0 aliphatic heterocycles. The van der Waals surface area contributed by atoms with Gasteiger partial charge in [-0.15, -0.1) is 11.6 Å². The van der Waals surface area contributed by atoms with E-state index in [1.165, 1.54) is 12.1 Å². The number of rotatable bonds is 5. The molecule has 0 aromatic heterocycles. The highest BCUT2D eigenvalue weighted by molar-refractivity contribution is 6.17. The molecule has 1 rings (SSSR count). The number of alkyl halides is 1. The molecule has 0 atom stereocenters. The van der Waals surface area contributed by atoms with Crippen LogP contribution in [0.2, 0.25) is 0 Å². The Bertz CT molecular complexity index is 366. The average molecular weight is 245 g/mol. The summed E-state index contributed by atoms with van der Waals surface area (Å²) < 4.78 is 18.2. The molecule has 88 valence electrons. The van der Waals surface area contributed by atoms with Crippen molar-refractivity contribution in [2.24, 2.45) is 0 Å². The quantitative estimate of drug-likeness (QED) is 0.587. The maximum Gasteiger partial charge on any atom is 0.341 e. The van der Waals surface area contributed by atoms with E-state index in [-0.39, 0.29) is 12.2 Å². The summed E-state index contributed by atoms with van der Waals surface area (Å²) in [6, 6.07) is 4.54. The molecule has 0 radical (unpaired) electrons. The Morgan fingerprint density at radius 1 is 1.50 bits per heavy atom. The Labute approximate surface area is 99.4 Å². The second-order valence-electron chi connectivity index (χ2n) is 3.33. The second kappa shape index (κ2) is 6.48. The van der Waals surface area contributed by atoms with Crippen molar-refractivity contribution in [2.45, 2.75) is 19.8 Å². The standard InChI is InChI=1S/C12H14ClFO2/c1-2-16-12(15)10-6-5-9(4-3-7-13)8-11(10)14/h5-6,8H,2-4,7H2,1H3. The van der Waals surface area contributed by atoms with Gasteiger partial charge in [0.15, 0.2) is 0 Å². The molecule has 0 N–H and O–H groups in total. The number of hydrogen-bond acceptors (Lipinski definition) is 2. The van der Waals surface area contributed by atoms with Gasteiger partial charge in [0.2, 0.25) is 0 Å². The number of esters is 1. The minimum Gasteiger partial charge on any atom is -0.462 e. The largest absolute Gasteiger partial charge is 0.462 e. The fourth-order valence-electron chi connectivity index (χ4n) is 1.36. The molecule has 0 amide bonds. The zero-order valence-electron chi connectivity index (χ0n) is 9.13. The van der Waals surface area contributed by atoms with E-state index >= 15 is 0 Å². The smallest absolute Gasteiger partial charge is 0.341 e. The summed E-state index contributed by atoms with van der Waals surface area (Å²) in [5.74, 6) is -0.615. The lowest BCUT2D eigenvalue weighted by Crippen LogP contribution is -2.07. The van der Waals surface area contributed by atoms with Crippen LogP contribution in [-0.4, -0.2) is 18.5 Å². The molecule has 0 aliphatic carbocycles. The highest BCUT2D eigenvalue weighted by atomic mass is 35.5. The number of halogens is 2. The van der Waals surface area contributed by atoms with Gasteiger partial charge in [0, 0.05) is 5.88 Å². The topological polar surface area (TPSA) is 26.3 Å². The molecule has 0 unspecified atom stereocenters. The monoisotopic (exact) mass is 244 g/mol. The van der Waals surface area contributed by atoms with Gasteiger partial charge in [-0.05, 0) is 37.5 Å². The van der Waals surface area contributed by atoms with Crippen LogP contribution < -0.4 is 0 Å². The van der Waals surface area contributed by atoms with Crippen molar-refractivity contribution in [1.82, 2.24) is 0 Å². The summed E-state index contributed by atoms with van der Waals surface area (Å²) in [6.07, 6.45) is 1.50. The van der Waals surface area contributed by atoms with Crippen molar-refractivity contribution in [3.05, 3.63) is 35.1 Å². The lowest BCUT2D eigenvalue weighted by molar-refractivity contribution is 0.0521. The van der Waals surface area contributed by atoms with E-state index < -0.39 is 11.8 Å². The molecule has 16 heavy (non-hydrogen) atoms. The molecule has 0 spiro atoms. The summed E-state index contributed by atoms with van der Waals surface area (Å²) in [7, 11) is 0. The molecule has 0 heterocycles. The summed E-state index contributed by atoms with van der Waals surface area (Å²) >= 11 is 5.55. The predicted molar refractivity (Wildman–Crippen MR) is 61.4 cm³/mol. The van der Waals surface area contributed by atoms with Gasteiger partial charge >= 0.3 is 5.97 Å². The van der Waals surface area contributed by atoms with E-state index in [0.717, 1.165) is 12.0 Å². The van der Waals surface area contributed by atoms with Crippen molar-refractivity contribution in [2.75, 3.05) is 12.5 Å². The molecule has 0 saturated carbocycles. The zero-order chi connectivity index (χ0) is 12.0. The Morgan fingerprint density at radius 3 is 2.81 bits per heavy atom. The Balaban J connectivity index is 2.78. The first-order chi connectivity index (χ1) is 7.69. The van der Waals surface area contributed by atoms with Gasteiger partial charge in [-0.1, -0.05) is 6.07 Å². The van der Waals surface area contributed by atoms with Crippen molar-refractivity contribution < 1.29 is 13.9 Å². The molecule has 0 saturated heterocycles. The van der Waals surface area contributed by atoms with Crippen LogP contribution in [0.25, 0.3) is 0 Å². The summed E-state index contributed by atoms with van der Waals surface area (Å²) in [4.78, 5) is 11.3. The van der Waals surface area contributed by atoms with Crippen molar-refractivity contribution in [3.63, 3.8) is 0 Å². The third-order valence-electron chi connectivity index (χ3n) is 2.13. The Hall–Kier alpha value is -1.09. The summed E-state index contributed by atoms with van der Waals surface area (Å²) in [5, 5.41) is 0. The molecular formula is C12H14ClFO2. The Morgan fingerprint density at radius 2 is 2.25 bits per heavy atom. The van der Waals surface area contributed by atoms with Crippen LogP contribution in [0.5, 0.6) is 0 Å². The van der Waals surface area contributed by atoms with Gasteiger partial charge in [-0.25, -0.2) is 9.18 Å². The van der Waals surface area contributed by atoms with E-state index in [2.05, 4.69) is 0 Å². The molecule has 0 fully saturated rings. The number of carbonyl (C=O) groups excluding carboxylic acids is 1. The van der Waals surface area contributed by atoms with Gasteiger partial charge in [-0.2, -0.15) is 0 Å². The first-order valence-corrected chi connectivity index (χ1v) is 5.74. The normalized spacial score (nSPS) is 10.2. The van der Waals surface area contributed by atoms with Crippen LogP contribution in [0.3, 0.4) is 0 Å². The number of hydrogen-bond donors (Lipinski definition) is 0. The minimum absolute atomic E-state index is 0.0172. The van der Waals surface area contributed by atoms with E-state index in [0.29, 0.717) is 12.3 Å². The zero-order valence-corrected chi connectivity index (χ0v) is 9.89. The predicted octanol–water partition coefficient (Wildman–Crippen LogP) is 3.17. The maximum atomic E-state index is 13.5. The van der Waals surface area contributed by atoms with Gasteiger partial charge in [0.1, 0.15) is 5.82 Å². The van der Waals surface area contributed by atoms with Crippen LogP contribution in [0, 0.1) is 5.82 Å².